The second kappa shape index (κ2) is 5.61. The van der Waals surface area contributed by atoms with Gasteiger partial charge in [0.05, 0.1) is 0 Å². The summed E-state index contributed by atoms with van der Waals surface area (Å²) in [6, 6.07) is 6.44. The molecule has 0 fully saturated rings. The van der Waals surface area contributed by atoms with Gasteiger partial charge >= 0.3 is 0 Å². The van der Waals surface area contributed by atoms with Gasteiger partial charge in [0.2, 0.25) is 0 Å². The molecule has 0 atom stereocenters. The fourth-order valence-electron chi connectivity index (χ4n) is 1.59. The molecule has 0 aliphatic rings. The molecule has 0 amide bonds. The average Bonchev–Trinajstić information content (AvgIpc) is 2.16. The van der Waals surface area contributed by atoms with Gasteiger partial charge in [-0.3, -0.25) is 0 Å². The van der Waals surface area contributed by atoms with Crippen LogP contribution in [0, 0.1) is 13.8 Å². The first-order valence-electron chi connectivity index (χ1n) is 5.16. The maximum atomic E-state index is 5.42. The van der Waals surface area contributed by atoms with Gasteiger partial charge in [-0.05, 0) is 49.9 Å². The predicted octanol–water partition coefficient (Wildman–Crippen LogP) is 2.75. The molecule has 1 heteroatoms. The van der Waals surface area contributed by atoms with E-state index < -0.39 is 0 Å². The maximum absolute atomic E-state index is 5.42. The van der Waals surface area contributed by atoms with Crippen molar-refractivity contribution in [2.45, 2.75) is 26.7 Å². The minimum absolute atomic E-state index is 0.739. The van der Waals surface area contributed by atoms with Crippen LogP contribution in [0.15, 0.2) is 30.4 Å². The highest BCUT2D eigenvalue weighted by Gasteiger charge is 1.98. The Morgan fingerprint density at radius 3 is 2.36 bits per heavy atom. The van der Waals surface area contributed by atoms with Crippen molar-refractivity contribution in [3.63, 3.8) is 0 Å². The van der Waals surface area contributed by atoms with E-state index in [4.69, 9.17) is 5.73 Å². The van der Waals surface area contributed by atoms with Gasteiger partial charge in [0.25, 0.3) is 0 Å². The summed E-state index contributed by atoms with van der Waals surface area (Å²) < 4.78 is 0. The van der Waals surface area contributed by atoms with Crippen molar-refractivity contribution in [3.8, 4) is 0 Å². The molecule has 0 saturated carbocycles. The predicted molar refractivity (Wildman–Crippen MR) is 62.4 cm³/mol. The molecule has 0 aromatic heterocycles. The monoisotopic (exact) mass is 189 g/mol. The lowest BCUT2D eigenvalue weighted by Crippen LogP contribution is -1.96. The van der Waals surface area contributed by atoms with Crippen molar-refractivity contribution in [2.24, 2.45) is 5.73 Å². The SMILES string of the molecule is Cc1cccc(C)c1C/C=C/CCN. The van der Waals surface area contributed by atoms with Crippen molar-refractivity contribution >= 4 is 0 Å². The Balaban J connectivity index is 2.66. The van der Waals surface area contributed by atoms with Crippen LogP contribution in [-0.2, 0) is 6.42 Å². The zero-order chi connectivity index (χ0) is 10.4. The fourth-order valence-corrected chi connectivity index (χ4v) is 1.59. The summed E-state index contributed by atoms with van der Waals surface area (Å²) >= 11 is 0. The van der Waals surface area contributed by atoms with E-state index in [2.05, 4.69) is 44.2 Å². The van der Waals surface area contributed by atoms with Crippen LogP contribution in [0.4, 0.5) is 0 Å². The summed E-state index contributed by atoms with van der Waals surface area (Å²) in [5.74, 6) is 0. The number of nitrogens with two attached hydrogens (primary N) is 1. The van der Waals surface area contributed by atoms with Gasteiger partial charge in [-0.25, -0.2) is 0 Å². The molecule has 76 valence electrons. The zero-order valence-electron chi connectivity index (χ0n) is 9.09. The summed E-state index contributed by atoms with van der Waals surface area (Å²) in [5.41, 5.74) is 9.62. The normalized spacial score (nSPS) is 11.1. The lowest BCUT2D eigenvalue weighted by molar-refractivity contribution is 0.999. The minimum atomic E-state index is 0.739. The smallest absolute Gasteiger partial charge is 0.00426 e. The zero-order valence-corrected chi connectivity index (χ0v) is 9.09. The molecule has 0 aliphatic carbocycles. The van der Waals surface area contributed by atoms with Crippen LogP contribution in [0.25, 0.3) is 0 Å². The molecule has 0 saturated heterocycles. The topological polar surface area (TPSA) is 26.0 Å². The quantitative estimate of drug-likeness (QED) is 0.724. The maximum Gasteiger partial charge on any atom is -0.00426 e. The van der Waals surface area contributed by atoms with E-state index in [1.54, 1.807) is 0 Å². The molecular formula is C13H19N. The lowest BCUT2D eigenvalue weighted by atomic mass is 10.00. The van der Waals surface area contributed by atoms with Crippen molar-refractivity contribution in [1.29, 1.82) is 0 Å². The van der Waals surface area contributed by atoms with E-state index in [1.807, 2.05) is 0 Å². The van der Waals surface area contributed by atoms with Crippen LogP contribution in [0.3, 0.4) is 0 Å². The molecule has 1 aromatic rings. The Hall–Kier alpha value is -1.08. The molecule has 1 aromatic carbocycles. The van der Waals surface area contributed by atoms with E-state index in [0.717, 1.165) is 19.4 Å². The first-order valence-corrected chi connectivity index (χ1v) is 5.16. The largest absolute Gasteiger partial charge is 0.330 e. The molecule has 0 unspecified atom stereocenters. The third-order valence-electron chi connectivity index (χ3n) is 2.47. The molecule has 2 N–H and O–H groups in total. The Bertz CT molecular complexity index is 293. The van der Waals surface area contributed by atoms with Crippen LogP contribution in [0.2, 0.25) is 0 Å². The Morgan fingerprint density at radius 1 is 1.14 bits per heavy atom. The molecule has 0 spiro atoms. The molecule has 1 nitrogen and oxygen atoms in total. The minimum Gasteiger partial charge on any atom is -0.330 e. The van der Waals surface area contributed by atoms with Gasteiger partial charge in [-0.15, -0.1) is 0 Å². The Kier molecular flexibility index (Phi) is 4.41. The number of allylic oxidation sites excluding steroid dienone is 1. The van der Waals surface area contributed by atoms with Crippen molar-refractivity contribution in [3.05, 3.63) is 47.0 Å². The van der Waals surface area contributed by atoms with E-state index in [9.17, 15) is 0 Å². The van der Waals surface area contributed by atoms with Gasteiger partial charge in [-0.2, -0.15) is 0 Å². The summed E-state index contributed by atoms with van der Waals surface area (Å²) in [6.45, 7) is 5.07. The van der Waals surface area contributed by atoms with Crippen LogP contribution < -0.4 is 5.73 Å². The van der Waals surface area contributed by atoms with Crippen molar-refractivity contribution < 1.29 is 0 Å². The van der Waals surface area contributed by atoms with Gasteiger partial charge in [0.15, 0.2) is 0 Å². The van der Waals surface area contributed by atoms with E-state index in [-0.39, 0.29) is 0 Å². The summed E-state index contributed by atoms with van der Waals surface area (Å²) in [7, 11) is 0. The molecule has 0 aliphatic heterocycles. The third kappa shape index (κ3) is 3.00. The van der Waals surface area contributed by atoms with E-state index in [0.29, 0.717) is 0 Å². The fraction of sp³-hybridized carbons (Fsp3) is 0.385. The molecule has 14 heavy (non-hydrogen) atoms. The first kappa shape index (κ1) is 11.0. The van der Waals surface area contributed by atoms with E-state index >= 15 is 0 Å². The van der Waals surface area contributed by atoms with Gasteiger partial charge in [0.1, 0.15) is 0 Å². The summed E-state index contributed by atoms with van der Waals surface area (Å²) in [6.07, 6.45) is 6.37. The summed E-state index contributed by atoms with van der Waals surface area (Å²) in [4.78, 5) is 0. The third-order valence-corrected chi connectivity index (χ3v) is 2.47. The number of hydrogen-bond donors (Lipinski definition) is 1. The second-order valence-corrected chi connectivity index (χ2v) is 3.62. The van der Waals surface area contributed by atoms with Crippen LogP contribution in [0.5, 0.6) is 0 Å². The molecule has 0 radical (unpaired) electrons. The standard InChI is InChI=1S/C13H19N/c1-11-7-6-8-12(2)13(11)9-4-3-5-10-14/h3-4,6-8H,5,9-10,14H2,1-2H3/b4-3+. The number of aryl methyl sites for hydroxylation is 2. The highest BCUT2D eigenvalue weighted by atomic mass is 14.5. The van der Waals surface area contributed by atoms with Crippen molar-refractivity contribution in [2.75, 3.05) is 6.54 Å². The average molecular weight is 189 g/mol. The van der Waals surface area contributed by atoms with Gasteiger partial charge in [0, 0.05) is 0 Å². The molecule has 1 rings (SSSR count). The number of rotatable bonds is 4. The van der Waals surface area contributed by atoms with E-state index in [1.165, 1.54) is 16.7 Å². The van der Waals surface area contributed by atoms with Crippen LogP contribution in [0.1, 0.15) is 23.1 Å². The highest BCUT2D eigenvalue weighted by Crippen LogP contribution is 2.14. The molecule has 0 bridgehead atoms. The number of benzene rings is 1. The first-order chi connectivity index (χ1) is 6.75. The Labute approximate surface area is 86.6 Å². The molecular weight excluding hydrogens is 170 g/mol. The van der Waals surface area contributed by atoms with Crippen LogP contribution in [-0.4, -0.2) is 6.54 Å². The van der Waals surface area contributed by atoms with Gasteiger partial charge < -0.3 is 5.73 Å². The lowest BCUT2D eigenvalue weighted by Gasteiger charge is -2.06. The second-order valence-electron chi connectivity index (χ2n) is 3.62. The molecule has 0 heterocycles. The van der Waals surface area contributed by atoms with Crippen LogP contribution >= 0.6 is 0 Å². The summed E-state index contributed by atoms with van der Waals surface area (Å²) in [5, 5.41) is 0. The Morgan fingerprint density at radius 2 is 1.79 bits per heavy atom. The van der Waals surface area contributed by atoms with Gasteiger partial charge in [-0.1, -0.05) is 30.4 Å². The number of hydrogen-bond acceptors (Lipinski definition) is 1. The highest BCUT2D eigenvalue weighted by molar-refractivity contribution is 5.34. The van der Waals surface area contributed by atoms with Crippen molar-refractivity contribution in [1.82, 2.24) is 0 Å².